The summed E-state index contributed by atoms with van der Waals surface area (Å²) in [4.78, 5) is 11.7. The molecule has 1 heterocycles. The van der Waals surface area contributed by atoms with Gasteiger partial charge in [-0.25, -0.2) is 0 Å². The first-order chi connectivity index (χ1) is 5.40. The minimum Gasteiger partial charge on any atom is -0.298 e. The van der Waals surface area contributed by atoms with Crippen molar-refractivity contribution in [3.05, 3.63) is 27.5 Å². The zero-order chi connectivity index (χ0) is 7.68. The van der Waals surface area contributed by atoms with Crippen molar-refractivity contribution in [2.45, 2.75) is 12.8 Å². The van der Waals surface area contributed by atoms with Crippen molar-refractivity contribution < 1.29 is 4.79 Å². The smallest absolute Gasteiger partial charge is 0.146 e. The molecule has 0 aromatic carbocycles. The van der Waals surface area contributed by atoms with Crippen molar-refractivity contribution in [3.8, 4) is 0 Å². The molecular formula is C9H8OS. The van der Waals surface area contributed by atoms with Gasteiger partial charge in [-0.1, -0.05) is 0 Å². The standard InChI is InChI=1S/C9H8OS/c10-6-7-1-2-8-3-4-11-9(8)5-7/h3-6H,1-2H2. The zero-order valence-corrected chi connectivity index (χ0v) is 6.86. The summed E-state index contributed by atoms with van der Waals surface area (Å²) in [5.74, 6) is 0. The topological polar surface area (TPSA) is 17.1 Å². The van der Waals surface area contributed by atoms with E-state index in [4.69, 9.17) is 0 Å². The Bertz CT molecular complexity index is 309. The number of aldehydes is 1. The van der Waals surface area contributed by atoms with Gasteiger partial charge in [0.25, 0.3) is 0 Å². The maximum atomic E-state index is 10.4. The van der Waals surface area contributed by atoms with E-state index in [0.29, 0.717) is 0 Å². The molecule has 0 atom stereocenters. The lowest BCUT2D eigenvalue weighted by Gasteiger charge is -2.06. The minimum atomic E-state index is 0.910. The van der Waals surface area contributed by atoms with E-state index in [1.165, 1.54) is 10.4 Å². The molecule has 0 saturated carbocycles. The third kappa shape index (κ3) is 1.14. The van der Waals surface area contributed by atoms with Crippen LogP contribution in [0.5, 0.6) is 0 Å². The molecule has 1 nitrogen and oxygen atoms in total. The van der Waals surface area contributed by atoms with Crippen LogP contribution < -0.4 is 0 Å². The highest BCUT2D eigenvalue weighted by atomic mass is 32.1. The van der Waals surface area contributed by atoms with Crippen LogP contribution in [0, 0.1) is 0 Å². The van der Waals surface area contributed by atoms with Gasteiger partial charge in [0, 0.05) is 4.88 Å². The average Bonchev–Trinajstić information content (AvgIpc) is 2.50. The molecule has 1 aromatic rings. The quantitative estimate of drug-likeness (QED) is 0.582. The van der Waals surface area contributed by atoms with Crippen LogP contribution in [0.15, 0.2) is 17.0 Å². The van der Waals surface area contributed by atoms with Crippen molar-refractivity contribution in [2.75, 3.05) is 0 Å². The predicted octanol–water partition coefficient (Wildman–Crippen LogP) is 2.28. The van der Waals surface area contributed by atoms with Gasteiger partial charge < -0.3 is 0 Å². The van der Waals surface area contributed by atoms with Crippen molar-refractivity contribution in [2.24, 2.45) is 0 Å². The summed E-state index contributed by atoms with van der Waals surface area (Å²) in [5, 5.41) is 2.08. The van der Waals surface area contributed by atoms with Crippen LogP contribution in [0.2, 0.25) is 0 Å². The van der Waals surface area contributed by atoms with Gasteiger partial charge in [0.15, 0.2) is 0 Å². The first-order valence-electron chi connectivity index (χ1n) is 3.62. The number of rotatable bonds is 1. The number of fused-ring (bicyclic) bond motifs is 1. The second kappa shape index (κ2) is 2.62. The summed E-state index contributed by atoms with van der Waals surface area (Å²) in [6.07, 6.45) is 4.90. The second-order valence-corrected chi connectivity index (χ2v) is 3.59. The molecule has 0 radical (unpaired) electrons. The summed E-state index contributed by atoms with van der Waals surface area (Å²) in [6.45, 7) is 0. The Labute approximate surface area is 69.4 Å². The van der Waals surface area contributed by atoms with E-state index in [0.717, 1.165) is 24.7 Å². The minimum absolute atomic E-state index is 0.910. The summed E-state index contributed by atoms with van der Waals surface area (Å²) in [6, 6.07) is 2.14. The van der Waals surface area contributed by atoms with Crippen LogP contribution >= 0.6 is 11.3 Å². The van der Waals surface area contributed by atoms with Crippen molar-refractivity contribution in [1.29, 1.82) is 0 Å². The van der Waals surface area contributed by atoms with Gasteiger partial charge in [-0.15, -0.1) is 11.3 Å². The van der Waals surface area contributed by atoms with Crippen LogP contribution in [-0.2, 0) is 11.2 Å². The SMILES string of the molecule is O=CC1=Cc2sccc2CC1. The Hall–Kier alpha value is -0.890. The van der Waals surface area contributed by atoms with Crippen LogP contribution in [-0.4, -0.2) is 6.29 Å². The van der Waals surface area contributed by atoms with E-state index < -0.39 is 0 Å². The molecule has 0 N–H and O–H groups in total. The molecule has 1 aliphatic carbocycles. The van der Waals surface area contributed by atoms with Gasteiger partial charge in [0.05, 0.1) is 0 Å². The second-order valence-electron chi connectivity index (χ2n) is 2.65. The molecule has 0 saturated heterocycles. The summed E-state index contributed by atoms with van der Waals surface area (Å²) >= 11 is 1.71. The number of carbonyl (C=O) groups excluding carboxylic acids is 1. The van der Waals surface area contributed by atoms with E-state index in [1.54, 1.807) is 11.3 Å². The number of carbonyl (C=O) groups is 1. The molecular weight excluding hydrogens is 156 g/mol. The lowest BCUT2D eigenvalue weighted by molar-refractivity contribution is -0.105. The molecule has 0 aliphatic heterocycles. The van der Waals surface area contributed by atoms with Gasteiger partial charge in [-0.05, 0) is 41.5 Å². The monoisotopic (exact) mass is 164 g/mol. The molecule has 56 valence electrons. The van der Waals surface area contributed by atoms with Crippen LogP contribution in [0.1, 0.15) is 16.9 Å². The largest absolute Gasteiger partial charge is 0.298 e. The van der Waals surface area contributed by atoms with Crippen LogP contribution in [0.4, 0.5) is 0 Å². The molecule has 0 unspecified atom stereocenters. The highest BCUT2D eigenvalue weighted by molar-refractivity contribution is 7.11. The Morgan fingerprint density at radius 3 is 3.18 bits per heavy atom. The summed E-state index contributed by atoms with van der Waals surface area (Å²) in [5.41, 5.74) is 2.32. The Kier molecular flexibility index (Phi) is 1.62. The maximum absolute atomic E-state index is 10.4. The van der Waals surface area contributed by atoms with E-state index >= 15 is 0 Å². The first kappa shape index (κ1) is 6.80. The van der Waals surface area contributed by atoms with Gasteiger partial charge in [0.1, 0.15) is 6.29 Å². The molecule has 2 rings (SSSR count). The normalized spacial score (nSPS) is 15.5. The van der Waals surface area contributed by atoms with Crippen molar-refractivity contribution in [1.82, 2.24) is 0 Å². The summed E-state index contributed by atoms with van der Waals surface area (Å²) in [7, 11) is 0. The fraction of sp³-hybridized carbons (Fsp3) is 0.222. The molecule has 0 amide bonds. The maximum Gasteiger partial charge on any atom is 0.146 e. The van der Waals surface area contributed by atoms with E-state index in [1.807, 2.05) is 6.08 Å². The van der Waals surface area contributed by atoms with Gasteiger partial charge >= 0.3 is 0 Å². The van der Waals surface area contributed by atoms with E-state index in [9.17, 15) is 4.79 Å². The fourth-order valence-corrected chi connectivity index (χ4v) is 2.21. The number of hydrogen-bond donors (Lipinski definition) is 0. The number of hydrogen-bond acceptors (Lipinski definition) is 2. The number of allylic oxidation sites excluding steroid dienone is 1. The molecule has 0 spiro atoms. The lowest BCUT2D eigenvalue weighted by Crippen LogP contribution is -1.95. The third-order valence-electron chi connectivity index (χ3n) is 1.93. The predicted molar refractivity (Wildman–Crippen MR) is 46.7 cm³/mol. The fourth-order valence-electron chi connectivity index (χ4n) is 1.29. The number of thiophene rings is 1. The zero-order valence-electron chi connectivity index (χ0n) is 6.04. The molecule has 11 heavy (non-hydrogen) atoms. The molecule has 0 fully saturated rings. The third-order valence-corrected chi connectivity index (χ3v) is 2.84. The Morgan fingerprint density at radius 2 is 2.36 bits per heavy atom. The van der Waals surface area contributed by atoms with Crippen LogP contribution in [0.25, 0.3) is 6.08 Å². The Morgan fingerprint density at radius 1 is 1.45 bits per heavy atom. The molecule has 1 aliphatic rings. The van der Waals surface area contributed by atoms with Crippen molar-refractivity contribution >= 4 is 23.7 Å². The van der Waals surface area contributed by atoms with E-state index in [-0.39, 0.29) is 0 Å². The van der Waals surface area contributed by atoms with Gasteiger partial charge in [-0.2, -0.15) is 0 Å². The van der Waals surface area contributed by atoms with Gasteiger partial charge in [0.2, 0.25) is 0 Å². The molecule has 0 bridgehead atoms. The molecule has 1 aromatic heterocycles. The number of aryl methyl sites for hydroxylation is 1. The molecule has 2 heteroatoms. The summed E-state index contributed by atoms with van der Waals surface area (Å²) < 4.78 is 0. The van der Waals surface area contributed by atoms with Crippen LogP contribution in [0.3, 0.4) is 0 Å². The highest BCUT2D eigenvalue weighted by Gasteiger charge is 2.09. The van der Waals surface area contributed by atoms with Crippen molar-refractivity contribution in [3.63, 3.8) is 0 Å². The Balaban J connectivity index is 2.44. The highest BCUT2D eigenvalue weighted by Crippen LogP contribution is 2.26. The average molecular weight is 164 g/mol. The lowest BCUT2D eigenvalue weighted by atomic mass is 10.00. The van der Waals surface area contributed by atoms with Gasteiger partial charge in [-0.3, -0.25) is 4.79 Å². The first-order valence-corrected chi connectivity index (χ1v) is 4.50. The van der Waals surface area contributed by atoms with E-state index in [2.05, 4.69) is 11.4 Å².